The summed E-state index contributed by atoms with van der Waals surface area (Å²) >= 11 is 1.37. The Hall–Kier alpha value is -2.48. The number of halogens is 3. The summed E-state index contributed by atoms with van der Waals surface area (Å²) < 4.78 is 46.4. The van der Waals surface area contributed by atoms with Crippen molar-refractivity contribution in [2.24, 2.45) is 5.92 Å². The summed E-state index contributed by atoms with van der Waals surface area (Å²) in [6.07, 6.45) is -4.34. The van der Waals surface area contributed by atoms with E-state index in [9.17, 15) is 13.2 Å². The van der Waals surface area contributed by atoms with Gasteiger partial charge in [0, 0.05) is 17.9 Å². The molecule has 4 nitrogen and oxygen atoms in total. The van der Waals surface area contributed by atoms with Gasteiger partial charge >= 0.3 is 6.18 Å². The maximum Gasteiger partial charge on any atom is 0.416 e. The number of thioether (sulfide) groups is 1. The molecule has 160 valence electrons. The minimum atomic E-state index is -4.34. The Balaban J connectivity index is 1.73. The first-order valence-electron chi connectivity index (χ1n) is 9.73. The van der Waals surface area contributed by atoms with Crippen molar-refractivity contribution in [2.45, 2.75) is 44.4 Å². The molecule has 30 heavy (non-hydrogen) atoms. The Labute approximate surface area is 178 Å². The summed E-state index contributed by atoms with van der Waals surface area (Å²) in [5.74, 6) is 2.35. The van der Waals surface area contributed by atoms with Crippen LogP contribution in [-0.2, 0) is 18.5 Å². The predicted molar refractivity (Wildman–Crippen MR) is 112 cm³/mol. The number of aromatic nitrogens is 3. The zero-order chi connectivity index (χ0) is 21.7. The summed E-state index contributed by atoms with van der Waals surface area (Å²) in [5, 5.41) is 9.23. The Kier molecular flexibility index (Phi) is 7.07. The highest BCUT2D eigenvalue weighted by Gasteiger charge is 2.30. The minimum absolute atomic E-state index is 0.379. The monoisotopic (exact) mass is 435 g/mol. The lowest BCUT2D eigenvalue weighted by Crippen LogP contribution is -2.05. The molecule has 0 aliphatic carbocycles. The molecule has 2 aromatic carbocycles. The molecule has 0 aliphatic rings. The molecule has 8 heteroatoms. The van der Waals surface area contributed by atoms with E-state index in [0.29, 0.717) is 35.5 Å². The zero-order valence-electron chi connectivity index (χ0n) is 17.1. The Morgan fingerprint density at radius 2 is 1.80 bits per heavy atom. The Morgan fingerprint density at radius 1 is 1.07 bits per heavy atom. The van der Waals surface area contributed by atoms with Crippen LogP contribution < -0.4 is 4.74 Å². The summed E-state index contributed by atoms with van der Waals surface area (Å²) in [7, 11) is 0. The van der Waals surface area contributed by atoms with Gasteiger partial charge in [-0.15, -0.1) is 10.2 Å². The fraction of sp³-hybridized carbons (Fsp3) is 0.364. The van der Waals surface area contributed by atoms with Crippen LogP contribution in [0.25, 0.3) is 11.4 Å². The average Bonchev–Trinajstić information content (AvgIpc) is 3.13. The molecule has 0 amide bonds. The lowest BCUT2D eigenvalue weighted by Gasteiger charge is -2.11. The molecular weight excluding hydrogens is 411 g/mol. The number of hydrogen-bond acceptors (Lipinski definition) is 4. The van der Waals surface area contributed by atoms with Gasteiger partial charge in [-0.3, -0.25) is 0 Å². The molecule has 0 unspecified atom stereocenters. The number of alkyl halides is 3. The predicted octanol–water partition coefficient (Wildman–Crippen LogP) is 6.31. The van der Waals surface area contributed by atoms with Crippen molar-refractivity contribution in [3.63, 3.8) is 0 Å². The smallest absolute Gasteiger partial charge is 0.416 e. The third-order valence-corrected chi connectivity index (χ3v) is 5.39. The highest BCUT2D eigenvalue weighted by atomic mass is 32.2. The van der Waals surface area contributed by atoms with Crippen LogP contribution in [0.1, 0.15) is 31.9 Å². The Morgan fingerprint density at radius 3 is 2.43 bits per heavy atom. The van der Waals surface area contributed by atoms with E-state index in [0.717, 1.165) is 23.2 Å². The Bertz CT molecular complexity index is 969. The van der Waals surface area contributed by atoms with E-state index < -0.39 is 11.7 Å². The van der Waals surface area contributed by atoms with Gasteiger partial charge in [-0.1, -0.05) is 43.8 Å². The molecule has 0 saturated heterocycles. The molecule has 0 aliphatic heterocycles. The molecule has 3 rings (SSSR count). The van der Waals surface area contributed by atoms with Crippen LogP contribution >= 0.6 is 11.8 Å². The van der Waals surface area contributed by atoms with E-state index in [2.05, 4.69) is 24.0 Å². The van der Waals surface area contributed by atoms with Crippen LogP contribution in [0.4, 0.5) is 13.2 Å². The van der Waals surface area contributed by atoms with Crippen molar-refractivity contribution < 1.29 is 17.9 Å². The summed E-state index contributed by atoms with van der Waals surface area (Å²) in [5.41, 5.74) is 0.860. The fourth-order valence-electron chi connectivity index (χ4n) is 2.84. The van der Waals surface area contributed by atoms with Crippen LogP contribution in [-0.4, -0.2) is 21.4 Å². The van der Waals surface area contributed by atoms with Gasteiger partial charge < -0.3 is 9.30 Å². The molecule has 0 spiro atoms. The van der Waals surface area contributed by atoms with Crippen LogP contribution in [0.15, 0.2) is 53.7 Å². The lowest BCUT2D eigenvalue weighted by molar-refractivity contribution is -0.137. The van der Waals surface area contributed by atoms with Gasteiger partial charge in [0.05, 0.1) is 12.2 Å². The average molecular weight is 436 g/mol. The first-order chi connectivity index (χ1) is 14.3. The molecule has 0 bridgehead atoms. The summed E-state index contributed by atoms with van der Waals surface area (Å²) in [4.78, 5) is 0. The third kappa shape index (κ3) is 5.56. The highest BCUT2D eigenvalue weighted by molar-refractivity contribution is 7.98. The first kappa shape index (κ1) is 22.2. The van der Waals surface area contributed by atoms with E-state index in [4.69, 9.17) is 4.74 Å². The second-order valence-corrected chi connectivity index (χ2v) is 8.21. The highest BCUT2D eigenvalue weighted by Crippen LogP contribution is 2.32. The van der Waals surface area contributed by atoms with Gasteiger partial charge in [0.15, 0.2) is 11.0 Å². The zero-order valence-corrected chi connectivity index (χ0v) is 17.9. The normalized spacial score (nSPS) is 11.8. The van der Waals surface area contributed by atoms with E-state index in [1.807, 2.05) is 35.8 Å². The summed E-state index contributed by atoms with van der Waals surface area (Å²) in [6, 6.07) is 13.1. The molecule has 0 fully saturated rings. The van der Waals surface area contributed by atoms with Crippen molar-refractivity contribution in [2.75, 3.05) is 6.61 Å². The molecule has 0 atom stereocenters. The van der Waals surface area contributed by atoms with Crippen molar-refractivity contribution in [1.29, 1.82) is 0 Å². The van der Waals surface area contributed by atoms with Crippen molar-refractivity contribution >= 4 is 11.8 Å². The fourth-order valence-corrected chi connectivity index (χ4v) is 3.79. The number of ether oxygens (including phenoxy) is 1. The van der Waals surface area contributed by atoms with Crippen LogP contribution in [0.5, 0.6) is 5.75 Å². The molecule has 3 aromatic rings. The van der Waals surface area contributed by atoms with E-state index in [1.54, 1.807) is 6.07 Å². The van der Waals surface area contributed by atoms with Crippen LogP contribution in [0.2, 0.25) is 0 Å². The lowest BCUT2D eigenvalue weighted by atomic mass is 10.1. The van der Waals surface area contributed by atoms with Gasteiger partial charge in [-0.2, -0.15) is 13.2 Å². The molecule has 0 radical (unpaired) electrons. The summed E-state index contributed by atoms with van der Waals surface area (Å²) in [6.45, 7) is 7.48. The van der Waals surface area contributed by atoms with Gasteiger partial charge in [0.25, 0.3) is 0 Å². The molecule has 0 N–H and O–H groups in total. The van der Waals surface area contributed by atoms with E-state index >= 15 is 0 Å². The minimum Gasteiger partial charge on any atom is -0.493 e. The van der Waals surface area contributed by atoms with Crippen molar-refractivity contribution in [1.82, 2.24) is 14.8 Å². The van der Waals surface area contributed by atoms with Crippen LogP contribution in [0.3, 0.4) is 0 Å². The van der Waals surface area contributed by atoms with Crippen LogP contribution in [0, 0.1) is 5.92 Å². The number of benzene rings is 2. The molecule has 1 aromatic heterocycles. The SMILES string of the molecule is CCn1c(SCc2cccc(C(F)(F)F)c2)nnc1-c1ccc(OCC(C)C)cc1. The van der Waals surface area contributed by atoms with Crippen molar-refractivity contribution in [3.8, 4) is 17.1 Å². The second-order valence-electron chi connectivity index (χ2n) is 7.27. The van der Waals surface area contributed by atoms with Gasteiger partial charge in [-0.25, -0.2) is 0 Å². The number of nitrogens with zero attached hydrogens (tertiary/aromatic N) is 3. The van der Waals surface area contributed by atoms with Gasteiger partial charge in [0.2, 0.25) is 0 Å². The standard InChI is InChI=1S/C22H24F3N3OS/c1-4-28-20(17-8-10-19(11-9-17)29-13-15(2)3)26-27-21(28)30-14-16-6-5-7-18(12-16)22(23,24)25/h5-12,15H,4,13-14H2,1-3H3. The molecular formula is C22H24F3N3OS. The molecule has 1 heterocycles. The first-order valence-corrected chi connectivity index (χ1v) is 10.7. The topological polar surface area (TPSA) is 39.9 Å². The van der Waals surface area contributed by atoms with Crippen molar-refractivity contribution in [3.05, 3.63) is 59.7 Å². The van der Waals surface area contributed by atoms with E-state index in [-0.39, 0.29) is 0 Å². The second kappa shape index (κ2) is 9.55. The number of rotatable bonds is 8. The van der Waals surface area contributed by atoms with Gasteiger partial charge in [0.1, 0.15) is 5.75 Å². The third-order valence-electron chi connectivity index (χ3n) is 4.35. The van der Waals surface area contributed by atoms with E-state index in [1.165, 1.54) is 23.9 Å². The van der Waals surface area contributed by atoms with Gasteiger partial charge in [-0.05, 0) is 48.7 Å². The quantitative estimate of drug-likeness (QED) is 0.389. The largest absolute Gasteiger partial charge is 0.493 e. The maximum absolute atomic E-state index is 12.9. The number of hydrogen-bond donors (Lipinski definition) is 0. The maximum atomic E-state index is 12.9. The molecule has 0 saturated carbocycles.